The van der Waals surface area contributed by atoms with Crippen LogP contribution in [0.4, 0.5) is 27.5 Å². The minimum atomic E-state index is -0.777. The number of methoxy groups -OCH3 is 1. The summed E-state index contributed by atoms with van der Waals surface area (Å²) in [5.74, 6) is -0.582. The van der Waals surface area contributed by atoms with E-state index >= 15 is 0 Å². The fourth-order valence-corrected chi connectivity index (χ4v) is 3.79. The molecule has 0 saturated heterocycles. The highest BCUT2D eigenvalue weighted by molar-refractivity contribution is 5.98. The molecular formula is C23H25FN6O3. The van der Waals surface area contributed by atoms with Crippen LogP contribution in [0.2, 0.25) is 0 Å². The van der Waals surface area contributed by atoms with Crippen molar-refractivity contribution < 1.29 is 19.0 Å². The van der Waals surface area contributed by atoms with Crippen LogP contribution in [0, 0.1) is 5.82 Å². The quantitative estimate of drug-likeness (QED) is 0.431. The Morgan fingerprint density at radius 3 is 2.85 bits per heavy atom. The second-order valence-electron chi connectivity index (χ2n) is 7.81. The molecule has 5 N–H and O–H groups in total. The summed E-state index contributed by atoms with van der Waals surface area (Å²) in [7, 11) is 3.65. The Labute approximate surface area is 190 Å². The summed E-state index contributed by atoms with van der Waals surface area (Å²) >= 11 is 0. The number of aliphatic hydroxyl groups excluding tert-OH is 1. The Morgan fingerprint density at radius 1 is 1.30 bits per heavy atom. The third kappa shape index (κ3) is 4.71. The van der Waals surface area contributed by atoms with Crippen molar-refractivity contribution in [1.82, 2.24) is 14.9 Å². The van der Waals surface area contributed by atoms with Gasteiger partial charge < -0.3 is 31.1 Å². The first-order valence-corrected chi connectivity index (χ1v) is 10.4. The van der Waals surface area contributed by atoms with Crippen molar-refractivity contribution in [2.45, 2.75) is 19.6 Å². The van der Waals surface area contributed by atoms with Crippen LogP contribution in [0.25, 0.3) is 0 Å². The predicted octanol–water partition coefficient (Wildman–Crippen LogP) is 2.69. The van der Waals surface area contributed by atoms with E-state index in [9.17, 15) is 14.3 Å². The third-order valence-electron chi connectivity index (χ3n) is 5.54. The van der Waals surface area contributed by atoms with E-state index in [-0.39, 0.29) is 23.0 Å². The second-order valence-corrected chi connectivity index (χ2v) is 7.81. The number of hydrogen-bond donors (Lipinski definition) is 4. The lowest BCUT2D eigenvalue weighted by Crippen LogP contribution is -2.26. The smallest absolute Gasteiger partial charge is 0.254 e. The van der Waals surface area contributed by atoms with E-state index in [0.29, 0.717) is 17.0 Å². The van der Waals surface area contributed by atoms with Crippen molar-refractivity contribution in [2.24, 2.45) is 5.73 Å². The lowest BCUT2D eigenvalue weighted by molar-refractivity contribution is 0.100. The number of nitrogens with two attached hydrogens (primary N) is 1. The first-order valence-electron chi connectivity index (χ1n) is 10.4. The van der Waals surface area contributed by atoms with Crippen molar-refractivity contribution >= 4 is 29.0 Å². The number of likely N-dealkylation sites (N-methyl/N-ethyl adjacent to an activating group) is 1. The molecule has 1 aliphatic rings. The number of hydrogen-bond acceptors (Lipinski definition) is 8. The molecule has 4 rings (SSSR count). The molecule has 0 unspecified atom stereocenters. The number of carbonyl (C=O) groups excluding carboxylic acids is 1. The van der Waals surface area contributed by atoms with E-state index in [1.807, 2.05) is 12.1 Å². The molecule has 0 spiro atoms. The molecule has 1 amide bonds. The van der Waals surface area contributed by atoms with Gasteiger partial charge in [-0.1, -0.05) is 12.1 Å². The fourth-order valence-electron chi connectivity index (χ4n) is 3.79. The van der Waals surface area contributed by atoms with Crippen LogP contribution in [0.3, 0.4) is 0 Å². The molecule has 0 bridgehead atoms. The summed E-state index contributed by atoms with van der Waals surface area (Å²) in [5.41, 5.74) is 8.80. The molecule has 3 aromatic rings. The van der Waals surface area contributed by atoms with E-state index in [1.54, 1.807) is 13.2 Å². The van der Waals surface area contributed by atoms with Gasteiger partial charge in [0.25, 0.3) is 5.91 Å². The highest BCUT2D eigenvalue weighted by Gasteiger charge is 2.19. The number of benzene rings is 2. The zero-order valence-corrected chi connectivity index (χ0v) is 18.4. The number of amides is 1. The van der Waals surface area contributed by atoms with Crippen LogP contribution in [-0.2, 0) is 19.6 Å². The number of nitrogens with one attached hydrogen (secondary N) is 2. The van der Waals surface area contributed by atoms with Gasteiger partial charge in [0, 0.05) is 24.8 Å². The van der Waals surface area contributed by atoms with Crippen LogP contribution < -0.4 is 21.1 Å². The van der Waals surface area contributed by atoms with Crippen LogP contribution in [0.1, 0.15) is 27.0 Å². The fraction of sp³-hybridized carbons (Fsp3) is 0.261. The van der Waals surface area contributed by atoms with Crippen molar-refractivity contribution in [3.63, 3.8) is 0 Å². The number of halogens is 1. The van der Waals surface area contributed by atoms with Gasteiger partial charge >= 0.3 is 0 Å². The SMILES string of the molecule is COc1cc2c(cc1Nc1ncc(C(N)=O)c(Nc3c(F)cccc3CO)n1)CN(C)CC2. The number of carbonyl (C=O) groups is 1. The minimum absolute atomic E-state index is 0.00143. The first kappa shape index (κ1) is 22.4. The van der Waals surface area contributed by atoms with E-state index < -0.39 is 18.3 Å². The summed E-state index contributed by atoms with van der Waals surface area (Å²) < 4.78 is 20.0. The zero-order chi connectivity index (χ0) is 23.5. The van der Waals surface area contributed by atoms with Crippen molar-refractivity contribution in [2.75, 3.05) is 31.3 Å². The first-order chi connectivity index (χ1) is 15.9. The predicted molar refractivity (Wildman–Crippen MR) is 122 cm³/mol. The largest absolute Gasteiger partial charge is 0.495 e. The Bertz CT molecular complexity index is 1200. The number of rotatable bonds is 7. The van der Waals surface area contributed by atoms with Gasteiger partial charge in [-0.2, -0.15) is 4.98 Å². The zero-order valence-electron chi connectivity index (χ0n) is 18.4. The lowest BCUT2D eigenvalue weighted by Gasteiger charge is -2.26. The molecule has 0 saturated carbocycles. The molecule has 0 radical (unpaired) electrons. The van der Waals surface area contributed by atoms with Gasteiger partial charge in [-0.15, -0.1) is 0 Å². The van der Waals surface area contributed by atoms with Crippen molar-refractivity contribution in [1.29, 1.82) is 0 Å². The molecular weight excluding hydrogens is 427 g/mol. The topological polar surface area (TPSA) is 126 Å². The maximum atomic E-state index is 14.4. The van der Waals surface area contributed by atoms with Crippen LogP contribution >= 0.6 is 0 Å². The Balaban J connectivity index is 1.71. The molecule has 10 heteroatoms. The molecule has 2 heterocycles. The van der Waals surface area contributed by atoms with Gasteiger partial charge in [-0.25, -0.2) is 9.37 Å². The molecule has 9 nitrogen and oxygen atoms in total. The van der Waals surface area contributed by atoms with Crippen molar-refractivity contribution in [3.8, 4) is 5.75 Å². The van der Waals surface area contributed by atoms with Crippen LogP contribution in [-0.4, -0.2) is 46.6 Å². The number of nitrogens with zero attached hydrogens (tertiary/aromatic N) is 3. The van der Waals surface area contributed by atoms with E-state index in [4.69, 9.17) is 10.5 Å². The Hall–Kier alpha value is -3.76. The molecule has 1 aromatic heterocycles. The molecule has 0 fully saturated rings. The van der Waals surface area contributed by atoms with Crippen LogP contribution in [0.15, 0.2) is 36.5 Å². The number of aliphatic hydroxyl groups is 1. The highest BCUT2D eigenvalue weighted by atomic mass is 19.1. The monoisotopic (exact) mass is 452 g/mol. The van der Waals surface area contributed by atoms with Crippen molar-refractivity contribution in [3.05, 3.63) is 64.6 Å². The average Bonchev–Trinajstić information content (AvgIpc) is 2.80. The average molecular weight is 452 g/mol. The van der Waals surface area contributed by atoms with Gasteiger partial charge in [-0.05, 0) is 42.8 Å². The number of anilines is 4. The highest BCUT2D eigenvalue weighted by Crippen LogP contribution is 2.33. The maximum absolute atomic E-state index is 14.4. The normalized spacial score (nSPS) is 13.3. The summed E-state index contributed by atoms with van der Waals surface area (Å²) in [4.78, 5) is 22.7. The standard InChI is InChI=1S/C23H25FN6O3/c1-30-7-6-13-9-19(33-2)18(8-15(13)11-30)27-23-26-10-16(21(25)32)22(29-23)28-20-14(12-31)4-3-5-17(20)24/h3-5,8-10,31H,6-7,11-12H2,1-2H3,(H2,25,32)(H2,26,27,28,29). The van der Waals surface area contributed by atoms with Crippen LogP contribution in [0.5, 0.6) is 5.75 Å². The molecule has 2 aromatic carbocycles. The number of fused-ring (bicyclic) bond motifs is 1. The Morgan fingerprint density at radius 2 is 2.12 bits per heavy atom. The Kier molecular flexibility index (Phi) is 6.38. The van der Waals surface area contributed by atoms with Gasteiger partial charge in [0.05, 0.1) is 25.1 Å². The molecule has 0 atom stereocenters. The molecule has 0 aliphatic carbocycles. The lowest BCUT2D eigenvalue weighted by atomic mass is 9.99. The third-order valence-corrected chi connectivity index (χ3v) is 5.54. The number of aromatic nitrogens is 2. The summed E-state index contributed by atoms with van der Waals surface area (Å²) in [6, 6.07) is 8.26. The van der Waals surface area contributed by atoms with Gasteiger partial charge in [-0.3, -0.25) is 4.79 Å². The number of primary amides is 1. The molecule has 33 heavy (non-hydrogen) atoms. The van der Waals surface area contributed by atoms with Gasteiger partial charge in [0.1, 0.15) is 22.9 Å². The number of para-hydroxylation sites is 1. The second kappa shape index (κ2) is 9.39. The van der Waals surface area contributed by atoms with E-state index in [2.05, 4.69) is 32.5 Å². The molecule has 1 aliphatic heterocycles. The van der Waals surface area contributed by atoms with Gasteiger partial charge in [0.15, 0.2) is 0 Å². The summed E-state index contributed by atoms with van der Waals surface area (Å²) in [6.07, 6.45) is 2.19. The van der Waals surface area contributed by atoms with Gasteiger partial charge in [0.2, 0.25) is 5.95 Å². The summed E-state index contributed by atoms with van der Waals surface area (Å²) in [6.45, 7) is 1.38. The molecule has 172 valence electrons. The van der Waals surface area contributed by atoms with E-state index in [0.717, 1.165) is 25.1 Å². The number of ether oxygens (including phenoxy) is 1. The minimum Gasteiger partial charge on any atom is -0.495 e. The maximum Gasteiger partial charge on any atom is 0.254 e. The summed E-state index contributed by atoms with van der Waals surface area (Å²) in [5, 5.41) is 15.5. The van der Waals surface area contributed by atoms with E-state index in [1.165, 1.54) is 23.9 Å².